The lowest BCUT2D eigenvalue weighted by Crippen LogP contribution is -2.25. The minimum atomic E-state index is -4.61. The number of amides is 1. The molecule has 1 fully saturated rings. The van der Waals surface area contributed by atoms with Gasteiger partial charge in [-0.05, 0) is 30.0 Å². The third kappa shape index (κ3) is 5.04. The van der Waals surface area contributed by atoms with Crippen LogP contribution in [0.5, 0.6) is 0 Å². The van der Waals surface area contributed by atoms with Gasteiger partial charge in [-0.3, -0.25) is 14.6 Å². The molecule has 1 aliphatic carbocycles. The fourth-order valence-electron chi connectivity index (χ4n) is 3.48. The predicted molar refractivity (Wildman–Crippen MR) is 114 cm³/mol. The second-order valence-electron chi connectivity index (χ2n) is 7.87. The normalized spacial score (nSPS) is 13.6. The van der Waals surface area contributed by atoms with Crippen molar-refractivity contribution in [2.45, 2.75) is 25.4 Å². The molecule has 1 aromatic heterocycles. The summed E-state index contributed by atoms with van der Waals surface area (Å²) in [7, 11) is 0. The quantitative estimate of drug-likeness (QED) is 0.494. The number of rotatable bonds is 7. The molecule has 164 valence electrons. The van der Waals surface area contributed by atoms with E-state index in [4.69, 9.17) is 0 Å². The highest BCUT2D eigenvalue weighted by Crippen LogP contribution is 2.33. The van der Waals surface area contributed by atoms with Gasteiger partial charge in [0.1, 0.15) is 5.69 Å². The van der Waals surface area contributed by atoms with Gasteiger partial charge >= 0.3 is 6.18 Å². The molecule has 1 heterocycles. The summed E-state index contributed by atoms with van der Waals surface area (Å²) >= 11 is 0. The second-order valence-corrected chi connectivity index (χ2v) is 7.87. The van der Waals surface area contributed by atoms with Crippen LogP contribution in [-0.2, 0) is 6.18 Å². The monoisotopic (exact) mass is 438 g/mol. The molecule has 0 spiro atoms. The molecule has 0 aliphatic heterocycles. The Hall–Kier alpha value is -3.48. The van der Waals surface area contributed by atoms with Crippen LogP contribution in [0.1, 0.15) is 51.2 Å². The summed E-state index contributed by atoms with van der Waals surface area (Å²) in [4.78, 5) is 29.0. The number of carbonyl (C=O) groups excluding carboxylic acids is 2. The van der Waals surface area contributed by atoms with Crippen LogP contribution >= 0.6 is 0 Å². The van der Waals surface area contributed by atoms with Gasteiger partial charge in [0, 0.05) is 29.4 Å². The molecule has 32 heavy (non-hydrogen) atoms. The zero-order valence-corrected chi connectivity index (χ0v) is 17.2. The first-order valence-corrected chi connectivity index (χ1v) is 10.4. The minimum Gasteiger partial charge on any atom is -0.351 e. The number of ketones is 1. The molecule has 4 nitrogen and oxygen atoms in total. The third-order valence-corrected chi connectivity index (χ3v) is 5.49. The van der Waals surface area contributed by atoms with E-state index in [-0.39, 0.29) is 17.0 Å². The summed E-state index contributed by atoms with van der Waals surface area (Å²) in [5.74, 6) is -0.176. The van der Waals surface area contributed by atoms with Crippen molar-refractivity contribution in [3.05, 3.63) is 89.2 Å². The van der Waals surface area contributed by atoms with Crippen molar-refractivity contribution < 1.29 is 22.8 Å². The highest BCUT2D eigenvalue weighted by Gasteiger charge is 2.35. The Morgan fingerprint density at radius 3 is 2.25 bits per heavy atom. The van der Waals surface area contributed by atoms with E-state index in [1.807, 2.05) is 0 Å². The van der Waals surface area contributed by atoms with Crippen LogP contribution in [0.4, 0.5) is 13.2 Å². The Morgan fingerprint density at radius 2 is 1.62 bits per heavy atom. The number of nitrogens with one attached hydrogen (secondary N) is 1. The van der Waals surface area contributed by atoms with Crippen LogP contribution in [0.2, 0.25) is 0 Å². The van der Waals surface area contributed by atoms with Gasteiger partial charge in [0.05, 0.1) is 5.56 Å². The maximum absolute atomic E-state index is 13.2. The number of hydrogen-bond donors (Lipinski definition) is 1. The molecule has 0 atom stereocenters. The molecular weight excluding hydrogens is 417 g/mol. The largest absolute Gasteiger partial charge is 0.417 e. The highest BCUT2D eigenvalue weighted by atomic mass is 19.4. The van der Waals surface area contributed by atoms with Crippen molar-refractivity contribution >= 4 is 11.7 Å². The summed E-state index contributed by atoms with van der Waals surface area (Å²) in [6.45, 7) is 0.639. The van der Waals surface area contributed by atoms with E-state index in [1.165, 1.54) is 43.2 Å². The van der Waals surface area contributed by atoms with Crippen molar-refractivity contribution in [2.75, 3.05) is 6.54 Å². The van der Waals surface area contributed by atoms with Crippen LogP contribution in [0, 0.1) is 5.92 Å². The molecule has 0 saturated heterocycles. The van der Waals surface area contributed by atoms with Gasteiger partial charge in [0.25, 0.3) is 5.91 Å². The van der Waals surface area contributed by atoms with Crippen molar-refractivity contribution in [3.63, 3.8) is 0 Å². The lowest BCUT2D eigenvalue weighted by Gasteiger charge is -2.12. The van der Waals surface area contributed by atoms with E-state index in [9.17, 15) is 22.8 Å². The summed E-state index contributed by atoms with van der Waals surface area (Å²) < 4.78 is 39.7. The van der Waals surface area contributed by atoms with Gasteiger partial charge in [-0.1, -0.05) is 61.4 Å². The number of pyridine rings is 1. The van der Waals surface area contributed by atoms with Gasteiger partial charge in [0.15, 0.2) is 5.78 Å². The Bertz CT molecular complexity index is 1120. The SMILES string of the molecule is O=C(NCCC1CC1)c1ccc(-c2ccc(C(=O)c3ccccc3C(F)(F)F)cc2)cn1. The number of carbonyl (C=O) groups is 2. The molecule has 4 rings (SSSR count). The lowest BCUT2D eigenvalue weighted by molar-refractivity contribution is -0.137. The summed E-state index contributed by atoms with van der Waals surface area (Å²) in [6.07, 6.45) is 0.418. The van der Waals surface area contributed by atoms with Gasteiger partial charge in [-0.2, -0.15) is 13.2 Å². The Morgan fingerprint density at radius 1 is 0.938 bits per heavy atom. The topological polar surface area (TPSA) is 59.1 Å². The number of aromatic nitrogens is 1. The van der Waals surface area contributed by atoms with E-state index < -0.39 is 17.5 Å². The molecule has 0 radical (unpaired) electrons. The van der Waals surface area contributed by atoms with E-state index >= 15 is 0 Å². The maximum Gasteiger partial charge on any atom is 0.417 e. The summed E-state index contributed by atoms with van der Waals surface area (Å²) in [6, 6.07) is 14.4. The van der Waals surface area contributed by atoms with Gasteiger partial charge in [0.2, 0.25) is 0 Å². The zero-order valence-electron chi connectivity index (χ0n) is 17.2. The molecule has 2 aromatic carbocycles. The smallest absolute Gasteiger partial charge is 0.351 e. The third-order valence-electron chi connectivity index (χ3n) is 5.49. The number of hydrogen-bond acceptors (Lipinski definition) is 3. The fourth-order valence-corrected chi connectivity index (χ4v) is 3.48. The summed E-state index contributed by atoms with van der Waals surface area (Å²) in [5, 5.41) is 2.86. The molecule has 1 amide bonds. The van der Waals surface area contributed by atoms with Crippen molar-refractivity contribution in [2.24, 2.45) is 5.92 Å². The van der Waals surface area contributed by atoms with Gasteiger partial charge in [-0.15, -0.1) is 0 Å². The molecule has 7 heteroatoms. The number of alkyl halides is 3. The molecule has 1 saturated carbocycles. The van der Waals surface area contributed by atoms with Crippen LogP contribution in [0.3, 0.4) is 0 Å². The zero-order chi connectivity index (χ0) is 22.7. The van der Waals surface area contributed by atoms with Crippen LogP contribution in [0.15, 0.2) is 66.9 Å². The van der Waals surface area contributed by atoms with Crippen molar-refractivity contribution in [3.8, 4) is 11.1 Å². The van der Waals surface area contributed by atoms with E-state index in [0.717, 1.165) is 29.5 Å². The Balaban J connectivity index is 1.46. The first-order chi connectivity index (χ1) is 15.3. The number of benzene rings is 2. The summed E-state index contributed by atoms with van der Waals surface area (Å²) in [5.41, 5.74) is 0.606. The molecule has 1 N–H and O–H groups in total. The van der Waals surface area contributed by atoms with Gasteiger partial charge in [-0.25, -0.2) is 0 Å². The fraction of sp³-hybridized carbons (Fsp3) is 0.240. The molecular formula is C25H21F3N2O2. The second kappa shape index (κ2) is 8.94. The van der Waals surface area contributed by atoms with Crippen LogP contribution < -0.4 is 5.32 Å². The molecule has 0 bridgehead atoms. The molecule has 1 aliphatic rings. The van der Waals surface area contributed by atoms with Crippen molar-refractivity contribution in [1.29, 1.82) is 0 Å². The Kier molecular flexibility index (Phi) is 6.08. The molecule has 0 unspecified atom stereocenters. The van der Waals surface area contributed by atoms with Crippen molar-refractivity contribution in [1.82, 2.24) is 10.3 Å². The minimum absolute atomic E-state index is 0.157. The standard InChI is InChI=1S/C25H21F3N2O2/c26-25(27,28)21-4-2-1-3-20(21)23(31)18-9-7-17(8-10-18)19-11-12-22(30-15-19)24(32)29-14-13-16-5-6-16/h1-4,7-12,15-16H,5-6,13-14H2,(H,29,32). The molecule has 3 aromatic rings. The Labute approximate surface area is 183 Å². The van der Waals surface area contributed by atoms with Gasteiger partial charge < -0.3 is 5.32 Å². The first-order valence-electron chi connectivity index (χ1n) is 10.4. The first kappa shape index (κ1) is 21.7. The number of nitrogens with zero attached hydrogens (tertiary/aromatic N) is 1. The van der Waals surface area contributed by atoms with E-state index in [0.29, 0.717) is 12.2 Å². The van der Waals surface area contributed by atoms with E-state index in [1.54, 1.807) is 30.5 Å². The predicted octanol–water partition coefficient (Wildman–Crippen LogP) is 5.53. The average Bonchev–Trinajstić information content (AvgIpc) is 3.63. The number of halogens is 3. The van der Waals surface area contributed by atoms with Crippen LogP contribution in [-0.4, -0.2) is 23.2 Å². The highest BCUT2D eigenvalue weighted by molar-refractivity contribution is 6.10. The average molecular weight is 438 g/mol. The lowest BCUT2D eigenvalue weighted by atomic mass is 9.96. The van der Waals surface area contributed by atoms with E-state index in [2.05, 4.69) is 10.3 Å². The maximum atomic E-state index is 13.2. The van der Waals surface area contributed by atoms with Crippen LogP contribution in [0.25, 0.3) is 11.1 Å².